The molecule has 5 rings (SSSR count). The molecule has 0 bridgehead atoms. The molecule has 0 aromatic heterocycles. The fraction of sp³-hybridized carbons (Fsp3) is 0.536. The number of carbonyl (C=O) groups excluding carboxylic acids is 1. The standard InChI is InChI=1S/C28H33F4N3O3/c1-37-22-10-9-17(15-23(22)38-2)27-12-11-18(16-24(27)35(14-13-27)19-5-3-6-19)33-26(36)34-21-8-4-7-20(25(21)29)28(30,31)32/h4,7-10,15,18-19,24H,3,5-6,11-14,16H2,1-2H3,(H2,33,34,36)/t18-,24+,27-/m0/s1. The van der Waals surface area contributed by atoms with E-state index in [0.29, 0.717) is 36.4 Å². The number of nitrogens with zero attached hydrogens (tertiary/aromatic N) is 1. The summed E-state index contributed by atoms with van der Waals surface area (Å²) in [5.41, 5.74) is -0.813. The van der Waals surface area contributed by atoms with E-state index in [0.717, 1.165) is 44.4 Å². The highest BCUT2D eigenvalue weighted by Crippen LogP contribution is 2.52. The van der Waals surface area contributed by atoms with Gasteiger partial charge in [-0.05, 0) is 74.9 Å². The lowest BCUT2D eigenvalue weighted by molar-refractivity contribution is -0.139. The van der Waals surface area contributed by atoms with Gasteiger partial charge in [-0.15, -0.1) is 0 Å². The Labute approximate surface area is 219 Å². The summed E-state index contributed by atoms with van der Waals surface area (Å²) < 4.78 is 64.7. The van der Waals surface area contributed by atoms with Crippen LogP contribution >= 0.6 is 0 Å². The zero-order valence-electron chi connectivity index (χ0n) is 21.5. The van der Waals surface area contributed by atoms with Crippen LogP contribution in [0, 0.1) is 5.82 Å². The Morgan fingerprint density at radius 3 is 2.47 bits per heavy atom. The molecule has 1 aliphatic heterocycles. The monoisotopic (exact) mass is 535 g/mol. The van der Waals surface area contributed by atoms with Gasteiger partial charge in [0.2, 0.25) is 0 Å². The van der Waals surface area contributed by atoms with Crippen molar-refractivity contribution >= 4 is 11.7 Å². The van der Waals surface area contributed by atoms with Crippen molar-refractivity contribution in [3.63, 3.8) is 0 Å². The van der Waals surface area contributed by atoms with Crippen molar-refractivity contribution in [2.45, 2.75) is 74.7 Å². The van der Waals surface area contributed by atoms with Crippen molar-refractivity contribution in [1.82, 2.24) is 10.2 Å². The number of likely N-dealkylation sites (tertiary alicyclic amines) is 1. The van der Waals surface area contributed by atoms with Crippen LogP contribution in [0.4, 0.5) is 28.0 Å². The maximum atomic E-state index is 14.4. The van der Waals surface area contributed by atoms with Gasteiger partial charge in [0.25, 0.3) is 0 Å². The molecule has 10 heteroatoms. The predicted octanol–water partition coefficient (Wildman–Crippen LogP) is 6.10. The molecule has 206 valence electrons. The molecule has 1 heterocycles. The first-order chi connectivity index (χ1) is 18.2. The molecule has 3 atom stereocenters. The van der Waals surface area contributed by atoms with Gasteiger partial charge in [-0.1, -0.05) is 18.6 Å². The fourth-order valence-electron chi connectivity index (χ4n) is 6.54. The third-order valence-electron chi connectivity index (χ3n) is 8.69. The van der Waals surface area contributed by atoms with Gasteiger partial charge in [0.05, 0.1) is 25.5 Å². The van der Waals surface area contributed by atoms with E-state index >= 15 is 0 Å². The van der Waals surface area contributed by atoms with Gasteiger partial charge in [-0.3, -0.25) is 4.90 Å². The van der Waals surface area contributed by atoms with Crippen molar-refractivity contribution in [2.24, 2.45) is 0 Å². The van der Waals surface area contributed by atoms with Crippen molar-refractivity contribution in [1.29, 1.82) is 0 Å². The number of nitrogens with one attached hydrogen (secondary N) is 2. The number of methoxy groups -OCH3 is 2. The second-order valence-corrected chi connectivity index (χ2v) is 10.5. The second kappa shape index (κ2) is 10.3. The molecule has 3 fully saturated rings. The van der Waals surface area contributed by atoms with Crippen LogP contribution < -0.4 is 20.1 Å². The first kappa shape index (κ1) is 26.6. The normalized spacial score (nSPS) is 25.8. The number of hydrogen-bond acceptors (Lipinski definition) is 4. The van der Waals surface area contributed by atoms with Crippen LogP contribution in [0.3, 0.4) is 0 Å². The Morgan fingerprint density at radius 2 is 1.82 bits per heavy atom. The number of fused-ring (bicyclic) bond motifs is 1. The van der Waals surface area contributed by atoms with Crippen LogP contribution in [0.15, 0.2) is 36.4 Å². The molecule has 2 amide bonds. The molecule has 0 unspecified atom stereocenters. The van der Waals surface area contributed by atoms with E-state index in [2.05, 4.69) is 27.7 Å². The number of benzene rings is 2. The number of halogens is 4. The van der Waals surface area contributed by atoms with Crippen LogP contribution in [0.5, 0.6) is 11.5 Å². The summed E-state index contributed by atoms with van der Waals surface area (Å²) >= 11 is 0. The van der Waals surface area contributed by atoms with Gasteiger partial charge in [-0.2, -0.15) is 13.2 Å². The zero-order valence-corrected chi connectivity index (χ0v) is 21.5. The van der Waals surface area contributed by atoms with Crippen LogP contribution in [0.25, 0.3) is 0 Å². The molecule has 0 spiro atoms. The van der Waals surface area contributed by atoms with E-state index in [-0.39, 0.29) is 17.5 Å². The van der Waals surface area contributed by atoms with Crippen molar-refractivity contribution in [3.05, 3.63) is 53.3 Å². The van der Waals surface area contributed by atoms with Crippen LogP contribution in [0.1, 0.15) is 56.1 Å². The van der Waals surface area contributed by atoms with Gasteiger partial charge < -0.3 is 20.1 Å². The summed E-state index contributed by atoms with van der Waals surface area (Å²) in [6.07, 6.45) is 1.91. The average Bonchev–Trinajstić information content (AvgIpc) is 3.22. The van der Waals surface area contributed by atoms with Crippen molar-refractivity contribution in [3.8, 4) is 11.5 Å². The summed E-state index contributed by atoms with van der Waals surface area (Å²) in [5.74, 6) is -0.131. The van der Waals surface area contributed by atoms with Gasteiger partial charge in [0.15, 0.2) is 17.3 Å². The van der Waals surface area contributed by atoms with E-state index < -0.39 is 29.3 Å². The number of anilines is 1. The van der Waals surface area contributed by atoms with E-state index in [4.69, 9.17) is 9.47 Å². The highest BCUT2D eigenvalue weighted by Gasteiger charge is 2.53. The Morgan fingerprint density at radius 1 is 1.05 bits per heavy atom. The number of urea groups is 1. The summed E-state index contributed by atoms with van der Waals surface area (Å²) in [5, 5.41) is 5.19. The SMILES string of the molecule is COc1ccc([C@@]23CC[C@H](NC(=O)Nc4cccc(C(F)(F)F)c4F)C[C@H]2N(C2CCC2)CC3)cc1OC. The Hall–Kier alpha value is -3.01. The molecule has 2 aliphatic carbocycles. The summed E-state index contributed by atoms with van der Waals surface area (Å²) in [6.45, 7) is 0.970. The number of carbonyl (C=O) groups is 1. The van der Waals surface area contributed by atoms with Crippen molar-refractivity contribution in [2.75, 3.05) is 26.1 Å². The summed E-state index contributed by atoms with van der Waals surface area (Å²) in [4.78, 5) is 15.3. The number of ether oxygens (including phenoxy) is 2. The molecular weight excluding hydrogens is 502 g/mol. The highest BCUT2D eigenvalue weighted by atomic mass is 19.4. The number of alkyl halides is 3. The van der Waals surface area contributed by atoms with E-state index in [1.54, 1.807) is 14.2 Å². The van der Waals surface area contributed by atoms with Crippen LogP contribution in [-0.2, 0) is 11.6 Å². The summed E-state index contributed by atoms with van der Waals surface area (Å²) in [7, 11) is 3.23. The van der Waals surface area contributed by atoms with Crippen LogP contribution in [-0.4, -0.2) is 49.8 Å². The maximum Gasteiger partial charge on any atom is 0.419 e. The van der Waals surface area contributed by atoms with Gasteiger partial charge >= 0.3 is 12.2 Å². The molecule has 3 aliphatic rings. The Bertz CT molecular complexity index is 1190. The first-order valence-electron chi connectivity index (χ1n) is 13.1. The quantitative estimate of drug-likeness (QED) is 0.439. The lowest BCUT2D eigenvalue weighted by Gasteiger charge is -2.48. The lowest BCUT2D eigenvalue weighted by atomic mass is 9.64. The highest BCUT2D eigenvalue weighted by molar-refractivity contribution is 5.89. The molecular formula is C28H33F4N3O3. The van der Waals surface area contributed by atoms with Gasteiger partial charge in [-0.25, -0.2) is 9.18 Å². The lowest BCUT2D eigenvalue weighted by Crippen LogP contribution is -2.55. The minimum atomic E-state index is -4.84. The first-order valence-corrected chi connectivity index (χ1v) is 13.1. The summed E-state index contributed by atoms with van der Waals surface area (Å²) in [6, 6.07) is 8.78. The topological polar surface area (TPSA) is 62.8 Å². The van der Waals surface area contributed by atoms with E-state index in [9.17, 15) is 22.4 Å². The molecule has 6 nitrogen and oxygen atoms in total. The molecule has 2 saturated carbocycles. The fourth-order valence-corrected chi connectivity index (χ4v) is 6.54. The Kier molecular flexibility index (Phi) is 7.19. The molecule has 38 heavy (non-hydrogen) atoms. The molecule has 2 aromatic rings. The Balaban J connectivity index is 1.34. The third kappa shape index (κ3) is 4.79. The number of hydrogen-bond donors (Lipinski definition) is 2. The molecule has 1 saturated heterocycles. The average molecular weight is 536 g/mol. The van der Waals surface area contributed by atoms with Gasteiger partial charge in [0.1, 0.15) is 0 Å². The van der Waals surface area contributed by atoms with Crippen LogP contribution in [0.2, 0.25) is 0 Å². The van der Waals surface area contributed by atoms with Crippen molar-refractivity contribution < 1.29 is 31.8 Å². The maximum absolute atomic E-state index is 14.4. The predicted molar refractivity (Wildman–Crippen MR) is 135 cm³/mol. The van der Waals surface area contributed by atoms with Gasteiger partial charge in [0, 0.05) is 23.5 Å². The number of amides is 2. The smallest absolute Gasteiger partial charge is 0.419 e. The number of rotatable bonds is 6. The molecule has 0 radical (unpaired) electrons. The largest absolute Gasteiger partial charge is 0.493 e. The minimum absolute atomic E-state index is 0.100. The van der Waals surface area contributed by atoms with E-state index in [1.165, 1.54) is 12.0 Å². The second-order valence-electron chi connectivity index (χ2n) is 10.5. The van der Waals surface area contributed by atoms with E-state index in [1.807, 2.05) is 6.07 Å². The zero-order chi connectivity index (χ0) is 27.1. The minimum Gasteiger partial charge on any atom is -0.493 e. The molecule has 2 aromatic carbocycles. The molecule has 2 N–H and O–H groups in total. The third-order valence-corrected chi connectivity index (χ3v) is 8.69.